The maximum absolute atomic E-state index is 5.77. The Morgan fingerprint density at radius 3 is 2.94 bits per heavy atom. The maximum atomic E-state index is 5.77. The molecule has 1 aromatic carbocycles. The van der Waals surface area contributed by atoms with Gasteiger partial charge in [0.1, 0.15) is 23.1 Å². The standard InChI is InChI=1S/C13H16N2O2S/c1-16-11-2-3-12(10(8-11)4-5-14)17-9-13-15-6-7-18-13/h2-3,6-8H,4-5,9,14H2,1H3. The van der Waals surface area contributed by atoms with Crippen LogP contribution < -0.4 is 15.2 Å². The van der Waals surface area contributed by atoms with Gasteiger partial charge < -0.3 is 15.2 Å². The fraction of sp³-hybridized carbons (Fsp3) is 0.308. The smallest absolute Gasteiger partial charge is 0.140 e. The van der Waals surface area contributed by atoms with Crippen LogP contribution in [0.2, 0.25) is 0 Å². The van der Waals surface area contributed by atoms with Crippen LogP contribution in [0.4, 0.5) is 0 Å². The number of ether oxygens (including phenoxy) is 2. The Kier molecular flexibility index (Phi) is 4.55. The highest BCUT2D eigenvalue weighted by Crippen LogP contribution is 2.25. The second-order valence-electron chi connectivity index (χ2n) is 3.73. The molecule has 0 saturated carbocycles. The Labute approximate surface area is 110 Å². The molecule has 2 rings (SSSR count). The molecule has 2 aromatic rings. The summed E-state index contributed by atoms with van der Waals surface area (Å²) in [6.07, 6.45) is 2.54. The van der Waals surface area contributed by atoms with Crippen LogP contribution in [0.25, 0.3) is 0 Å². The van der Waals surface area contributed by atoms with Gasteiger partial charge in [0, 0.05) is 11.6 Å². The Balaban J connectivity index is 2.10. The molecule has 96 valence electrons. The lowest BCUT2D eigenvalue weighted by molar-refractivity contribution is 0.301. The molecule has 18 heavy (non-hydrogen) atoms. The summed E-state index contributed by atoms with van der Waals surface area (Å²) in [5.74, 6) is 1.66. The highest BCUT2D eigenvalue weighted by molar-refractivity contribution is 7.09. The summed E-state index contributed by atoms with van der Waals surface area (Å²) in [6.45, 7) is 1.07. The normalized spacial score (nSPS) is 10.3. The molecule has 1 heterocycles. The lowest BCUT2D eigenvalue weighted by Gasteiger charge is -2.11. The van der Waals surface area contributed by atoms with Gasteiger partial charge in [-0.2, -0.15) is 0 Å². The average molecular weight is 264 g/mol. The van der Waals surface area contributed by atoms with Gasteiger partial charge in [-0.3, -0.25) is 0 Å². The predicted molar refractivity (Wildman–Crippen MR) is 72.2 cm³/mol. The van der Waals surface area contributed by atoms with E-state index in [0.29, 0.717) is 13.2 Å². The summed E-state index contributed by atoms with van der Waals surface area (Å²) >= 11 is 1.58. The summed E-state index contributed by atoms with van der Waals surface area (Å²) in [5.41, 5.74) is 6.67. The zero-order valence-electron chi connectivity index (χ0n) is 10.3. The minimum Gasteiger partial charge on any atom is -0.497 e. The molecule has 0 saturated heterocycles. The van der Waals surface area contributed by atoms with Crippen molar-refractivity contribution in [1.82, 2.24) is 4.98 Å². The third kappa shape index (κ3) is 3.21. The number of aromatic nitrogens is 1. The zero-order chi connectivity index (χ0) is 12.8. The van der Waals surface area contributed by atoms with Crippen molar-refractivity contribution in [2.45, 2.75) is 13.0 Å². The van der Waals surface area contributed by atoms with Crippen LogP contribution in [-0.2, 0) is 13.0 Å². The first-order valence-electron chi connectivity index (χ1n) is 5.71. The summed E-state index contributed by atoms with van der Waals surface area (Å²) in [4.78, 5) is 4.18. The minimum absolute atomic E-state index is 0.488. The molecule has 0 amide bonds. The third-order valence-electron chi connectivity index (χ3n) is 2.52. The monoisotopic (exact) mass is 264 g/mol. The summed E-state index contributed by atoms with van der Waals surface area (Å²) in [7, 11) is 1.65. The number of thiazole rings is 1. The van der Waals surface area contributed by atoms with E-state index in [1.807, 2.05) is 23.6 Å². The number of benzene rings is 1. The fourth-order valence-corrected chi connectivity index (χ4v) is 2.17. The van der Waals surface area contributed by atoms with E-state index in [2.05, 4.69) is 4.98 Å². The molecule has 4 nitrogen and oxygen atoms in total. The number of methoxy groups -OCH3 is 1. The van der Waals surface area contributed by atoms with Crippen molar-refractivity contribution in [3.05, 3.63) is 40.3 Å². The van der Waals surface area contributed by atoms with Crippen LogP contribution >= 0.6 is 11.3 Å². The molecule has 0 unspecified atom stereocenters. The summed E-state index contributed by atoms with van der Waals surface area (Å²) in [6, 6.07) is 5.76. The largest absolute Gasteiger partial charge is 0.497 e. The van der Waals surface area contributed by atoms with Gasteiger partial charge in [-0.05, 0) is 36.7 Å². The van der Waals surface area contributed by atoms with Crippen LogP contribution in [0, 0.1) is 0 Å². The van der Waals surface area contributed by atoms with Crippen LogP contribution in [0.3, 0.4) is 0 Å². The molecule has 0 atom stereocenters. The quantitative estimate of drug-likeness (QED) is 0.869. The molecule has 0 spiro atoms. The maximum Gasteiger partial charge on any atom is 0.140 e. The van der Waals surface area contributed by atoms with Crippen molar-refractivity contribution in [3.63, 3.8) is 0 Å². The first-order valence-corrected chi connectivity index (χ1v) is 6.59. The lowest BCUT2D eigenvalue weighted by atomic mass is 10.1. The van der Waals surface area contributed by atoms with Gasteiger partial charge in [0.05, 0.1) is 7.11 Å². The molecule has 1 aromatic heterocycles. The second-order valence-corrected chi connectivity index (χ2v) is 4.71. The van der Waals surface area contributed by atoms with Gasteiger partial charge in [-0.1, -0.05) is 0 Å². The van der Waals surface area contributed by atoms with Crippen molar-refractivity contribution >= 4 is 11.3 Å². The summed E-state index contributed by atoms with van der Waals surface area (Å²) in [5, 5.41) is 2.90. The number of hydrogen-bond donors (Lipinski definition) is 1. The third-order valence-corrected chi connectivity index (χ3v) is 3.27. The Bertz CT molecular complexity index is 486. The molecule has 0 aliphatic rings. The van der Waals surface area contributed by atoms with Crippen molar-refractivity contribution in [2.24, 2.45) is 5.73 Å². The first kappa shape index (κ1) is 12.9. The van der Waals surface area contributed by atoms with Gasteiger partial charge in [0.25, 0.3) is 0 Å². The van der Waals surface area contributed by atoms with Crippen LogP contribution in [0.15, 0.2) is 29.8 Å². The molecule has 0 radical (unpaired) electrons. The Morgan fingerprint density at radius 2 is 2.28 bits per heavy atom. The SMILES string of the molecule is COc1ccc(OCc2nccs2)c(CCN)c1. The van der Waals surface area contributed by atoms with E-state index in [1.54, 1.807) is 24.6 Å². The lowest BCUT2D eigenvalue weighted by Crippen LogP contribution is -2.05. The molecule has 2 N–H and O–H groups in total. The van der Waals surface area contributed by atoms with Gasteiger partial charge in [0.2, 0.25) is 0 Å². The summed E-state index contributed by atoms with van der Waals surface area (Å²) < 4.78 is 11.0. The predicted octanol–water partition coefficient (Wildman–Crippen LogP) is 2.23. The van der Waals surface area contributed by atoms with Gasteiger partial charge in [-0.15, -0.1) is 11.3 Å². The molecular weight excluding hydrogens is 248 g/mol. The van der Waals surface area contributed by atoms with Crippen LogP contribution in [0.5, 0.6) is 11.5 Å². The van der Waals surface area contributed by atoms with E-state index in [9.17, 15) is 0 Å². The molecular formula is C13H16N2O2S. The second kappa shape index (κ2) is 6.37. The van der Waals surface area contributed by atoms with Gasteiger partial charge in [-0.25, -0.2) is 4.98 Å². The van der Waals surface area contributed by atoms with E-state index in [0.717, 1.165) is 28.5 Å². The highest BCUT2D eigenvalue weighted by Gasteiger charge is 2.06. The molecule has 0 bridgehead atoms. The number of rotatable bonds is 6. The minimum atomic E-state index is 0.488. The Hall–Kier alpha value is -1.59. The average Bonchev–Trinajstić information content (AvgIpc) is 2.90. The van der Waals surface area contributed by atoms with Crippen LogP contribution in [0.1, 0.15) is 10.6 Å². The Morgan fingerprint density at radius 1 is 1.39 bits per heavy atom. The number of hydrogen-bond acceptors (Lipinski definition) is 5. The molecule has 0 aliphatic carbocycles. The van der Waals surface area contributed by atoms with E-state index in [-0.39, 0.29) is 0 Å². The van der Waals surface area contributed by atoms with Crippen molar-refractivity contribution in [3.8, 4) is 11.5 Å². The van der Waals surface area contributed by atoms with E-state index < -0.39 is 0 Å². The van der Waals surface area contributed by atoms with Gasteiger partial charge in [0.15, 0.2) is 0 Å². The number of nitrogens with two attached hydrogens (primary N) is 1. The van der Waals surface area contributed by atoms with Crippen molar-refractivity contribution < 1.29 is 9.47 Å². The van der Waals surface area contributed by atoms with Gasteiger partial charge >= 0.3 is 0 Å². The van der Waals surface area contributed by atoms with E-state index in [4.69, 9.17) is 15.2 Å². The highest BCUT2D eigenvalue weighted by atomic mass is 32.1. The fourth-order valence-electron chi connectivity index (χ4n) is 1.64. The van der Waals surface area contributed by atoms with E-state index in [1.165, 1.54) is 0 Å². The molecule has 5 heteroatoms. The first-order chi connectivity index (χ1) is 8.83. The topological polar surface area (TPSA) is 57.4 Å². The van der Waals surface area contributed by atoms with E-state index >= 15 is 0 Å². The van der Waals surface area contributed by atoms with Crippen molar-refractivity contribution in [1.29, 1.82) is 0 Å². The molecule has 0 aliphatic heterocycles. The molecule has 0 fully saturated rings. The number of nitrogens with zero attached hydrogens (tertiary/aromatic N) is 1. The van der Waals surface area contributed by atoms with Crippen molar-refractivity contribution in [2.75, 3.05) is 13.7 Å². The zero-order valence-corrected chi connectivity index (χ0v) is 11.1. The van der Waals surface area contributed by atoms with Crippen LogP contribution in [-0.4, -0.2) is 18.6 Å².